The number of benzene rings is 1. The van der Waals surface area contributed by atoms with Crippen LogP contribution in [-0.4, -0.2) is 11.7 Å². The van der Waals surface area contributed by atoms with Crippen LogP contribution in [0.15, 0.2) is 18.2 Å². The van der Waals surface area contributed by atoms with Gasteiger partial charge in [0.2, 0.25) is 5.91 Å². The minimum atomic E-state index is -0.262. The highest BCUT2D eigenvalue weighted by atomic mass is 16.2. The monoisotopic (exact) mass is 176 g/mol. The largest absolute Gasteiger partial charge is 0.399 e. The zero-order valence-electron chi connectivity index (χ0n) is 6.83. The quantitative estimate of drug-likeness (QED) is 0.453. The first-order valence-corrected chi connectivity index (χ1v) is 3.89. The number of hydrogen-bond acceptors (Lipinski definition) is 3. The van der Waals surface area contributed by atoms with E-state index in [1.165, 1.54) is 0 Å². The van der Waals surface area contributed by atoms with Gasteiger partial charge in [-0.1, -0.05) is 0 Å². The molecular formula is C9H8N2O2. The van der Waals surface area contributed by atoms with Crippen molar-refractivity contribution in [2.24, 2.45) is 0 Å². The summed E-state index contributed by atoms with van der Waals surface area (Å²) in [6.07, 6.45) is -0.0869. The Morgan fingerprint density at radius 3 is 2.85 bits per heavy atom. The minimum absolute atomic E-state index is 0.0869. The molecule has 0 unspecified atom stereocenters. The van der Waals surface area contributed by atoms with Crippen molar-refractivity contribution in [1.82, 2.24) is 0 Å². The Kier molecular flexibility index (Phi) is 1.55. The molecule has 0 radical (unpaired) electrons. The predicted octanol–water partition coefficient (Wildman–Crippen LogP) is 0.794. The van der Waals surface area contributed by atoms with Gasteiger partial charge in [-0.3, -0.25) is 9.59 Å². The molecular weight excluding hydrogens is 168 g/mol. The van der Waals surface area contributed by atoms with Crippen LogP contribution in [0.5, 0.6) is 0 Å². The third kappa shape index (κ3) is 1.26. The van der Waals surface area contributed by atoms with Crippen LogP contribution in [0.2, 0.25) is 0 Å². The number of Topliss-reactive ketones (excluding diaryl/α,β-unsaturated/α-hetero) is 1. The van der Waals surface area contributed by atoms with Crippen LogP contribution in [0.25, 0.3) is 0 Å². The summed E-state index contributed by atoms with van der Waals surface area (Å²) >= 11 is 0. The number of carbonyl (C=O) groups is 2. The minimum Gasteiger partial charge on any atom is -0.399 e. The smallest absolute Gasteiger partial charge is 0.232 e. The van der Waals surface area contributed by atoms with Crippen molar-refractivity contribution in [3.63, 3.8) is 0 Å². The molecule has 0 saturated heterocycles. The van der Waals surface area contributed by atoms with Crippen LogP contribution in [0.3, 0.4) is 0 Å². The molecule has 1 aliphatic rings. The zero-order valence-corrected chi connectivity index (χ0v) is 6.83. The fourth-order valence-corrected chi connectivity index (χ4v) is 1.34. The lowest BCUT2D eigenvalue weighted by Gasteiger charge is -2.15. The number of ketones is 1. The van der Waals surface area contributed by atoms with Crippen molar-refractivity contribution in [2.75, 3.05) is 11.1 Å². The summed E-state index contributed by atoms with van der Waals surface area (Å²) in [4.78, 5) is 22.3. The van der Waals surface area contributed by atoms with Crippen molar-refractivity contribution in [1.29, 1.82) is 0 Å². The van der Waals surface area contributed by atoms with Gasteiger partial charge in [-0.15, -0.1) is 0 Å². The van der Waals surface area contributed by atoms with E-state index in [1.807, 2.05) is 0 Å². The molecule has 13 heavy (non-hydrogen) atoms. The van der Waals surface area contributed by atoms with Crippen molar-refractivity contribution >= 4 is 23.1 Å². The molecule has 1 amide bonds. The third-order valence-electron chi connectivity index (χ3n) is 1.94. The number of amides is 1. The van der Waals surface area contributed by atoms with Gasteiger partial charge >= 0.3 is 0 Å². The number of rotatable bonds is 0. The van der Waals surface area contributed by atoms with E-state index in [4.69, 9.17) is 5.73 Å². The van der Waals surface area contributed by atoms with Crippen molar-refractivity contribution in [3.8, 4) is 0 Å². The standard InChI is InChI=1S/C9H8N2O2/c10-5-1-2-7-6(3-5)8(12)4-9(13)11-7/h1-3H,4,10H2,(H,11,13). The highest BCUT2D eigenvalue weighted by Gasteiger charge is 2.21. The van der Waals surface area contributed by atoms with Crippen LogP contribution < -0.4 is 11.1 Å². The molecule has 4 nitrogen and oxygen atoms in total. The second-order valence-corrected chi connectivity index (χ2v) is 2.95. The summed E-state index contributed by atoms with van der Waals surface area (Å²) in [5.41, 5.74) is 7.10. The van der Waals surface area contributed by atoms with Gasteiger partial charge < -0.3 is 11.1 Å². The molecule has 0 bridgehead atoms. The topological polar surface area (TPSA) is 72.2 Å². The highest BCUT2D eigenvalue weighted by molar-refractivity contribution is 6.18. The van der Waals surface area contributed by atoms with Crippen LogP contribution >= 0.6 is 0 Å². The SMILES string of the molecule is Nc1ccc2c(c1)C(=O)CC(=O)N2. The molecule has 0 saturated carbocycles. The summed E-state index contributed by atoms with van der Waals surface area (Å²) in [5, 5.41) is 2.60. The average molecular weight is 176 g/mol. The van der Waals surface area contributed by atoms with Crippen molar-refractivity contribution in [3.05, 3.63) is 23.8 Å². The second kappa shape index (κ2) is 2.58. The van der Waals surface area contributed by atoms with Gasteiger partial charge in [0.05, 0.1) is 12.1 Å². The first-order chi connectivity index (χ1) is 6.16. The maximum Gasteiger partial charge on any atom is 0.232 e. The maximum absolute atomic E-state index is 11.3. The van der Waals surface area contributed by atoms with E-state index in [1.54, 1.807) is 18.2 Å². The summed E-state index contributed by atoms with van der Waals surface area (Å²) in [6, 6.07) is 4.87. The predicted molar refractivity (Wildman–Crippen MR) is 48.4 cm³/mol. The fraction of sp³-hybridized carbons (Fsp3) is 0.111. The molecule has 1 aromatic carbocycles. The molecule has 1 aromatic rings. The number of fused-ring (bicyclic) bond motifs is 1. The fourth-order valence-electron chi connectivity index (χ4n) is 1.34. The van der Waals surface area contributed by atoms with Gasteiger partial charge in [0.1, 0.15) is 0 Å². The van der Waals surface area contributed by atoms with E-state index in [2.05, 4.69) is 5.32 Å². The molecule has 66 valence electrons. The number of nitrogens with one attached hydrogen (secondary N) is 1. The maximum atomic E-state index is 11.3. The van der Waals surface area contributed by atoms with E-state index in [-0.39, 0.29) is 18.1 Å². The van der Waals surface area contributed by atoms with Gasteiger partial charge in [-0.2, -0.15) is 0 Å². The molecule has 4 heteroatoms. The highest BCUT2D eigenvalue weighted by Crippen LogP contribution is 2.24. The van der Waals surface area contributed by atoms with E-state index in [0.717, 1.165) is 0 Å². The summed E-state index contributed by atoms with van der Waals surface area (Å²) < 4.78 is 0. The van der Waals surface area contributed by atoms with Gasteiger partial charge in [-0.25, -0.2) is 0 Å². The summed E-state index contributed by atoms with van der Waals surface area (Å²) in [6.45, 7) is 0. The van der Waals surface area contributed by atoms with E-state index >= 15 is 0 Å². The first-order valence-electron chi connectivity index (χ1n) is 3.89. The Morgan fingerprint density at radius 2 is 2.08 bits per heavy atom. The van der Waals surface area contributed by atoms with E-state index in [9.17, 15) is 9.59 Å². The molecule has 3 N–H and O–H groups in total. The number of nitrogen functional groups attached to an aromatic ring is 1. The van der Waals surface area contributed by atoms with Crippen LogP contribution in [0.4, 0.5) is 11.4 Å². The summed E-state index contributed by atoms with van der Waals surface area (Å²) in [5.74, 6) is -0.437. The molecule has 1 aliphatic heterocycles. The van der Waals surface area contributed by atoms with Gasteiger partial charge in [0, 0.05) is 11.3 Å². The van der Waals surface area contributed by atoms with Gasteiger partial charge in [-0.05, 0) is 18.2 Å². The number of nitrogens with two attached hydrogens (primary N) is 1. The third-order valence-corrected chi connectivity index (χ3v) is 1.94. The normalized spacial score (nSPS) is 15.1. The van der Waals surface area contributed by atoms with Crippen LogP contribution in [0.1, 0.15) is 16.8 Å². The molecule has 0 fully saturated rings. The lowest BCUT2D eigenvalue weighted by atomic mass is 10.0. The Morgan fingerprint density at radius 1 is 1.31 bits per heavy atom. The lowest BCUT2D eigenvalue weighted by Crippen LogP contribution is -2.24. The second-order valence-electron chi connectivity index (χ2n) is 2.95. The summed E-state index contributed by atoms with van der Waals surface area (Å²) in [7, 11) is 0. The Balaban J connectivity index is 2.55. The van der Waals surface area contributed by atoms with Gasteiger partial charge in [0.15, 0.2) is 5.78 Å². The van der Waals surface area contributed by atoms with Crippen molar-refractivity contribution in [2.45, 2.75) is 6.42 Å². The molecule has 2 rings (SSSR count). The van der Waals surface area contributed by atoms with Gasteiger partial charge in [0.25, 0.3) is 0 Å². The average Bonchev–Trinajstić information content (AvgIpc) is 2.06. The van der Waals surface area contributed by atoms with Crippen molar-refractivity contribution < 1.29 is 9.59 Å². The Bertz CT molecular complexity index is 399. The number of carbonyl (C=O) groups excluding carboxylic acids is 2. The molecule has 0 aliphatic carbocycles. The van der Waals surface area contributed by atoms with E-state index < -0.39 is 0 Å². The number of hydrogen-bond donors (Lipinski definition) is 2. The molecule has 1 heterocycles. The molecule has 0 spiro atoms. The Hall–Kier alpha value is -1.84. The van der Waals surface area contributed by atoms with Crippen LogP contribution in [0, 0.1) is 0 Å². The van der Waals surface area contributed by atoms with E-state index in [0.29, 0.717) is 16.9 Å². The first kappa shape index (κ1) is 7.79. The molecule has 0 aromatic heterocycles. The number of anilines is 2. The zero-order chi connectivity index (χ0) is 9.42. The Labute approximate surface area is 74.7 Å². The lowest BCUT2D eigenvalue weighted by molar-refractivity contribution is -0.115. The molecule has 0 atom stereocenters. The van der Waals surface area contributed by atoms with Crippen LogP contribution in [-0.2, 0) is 4.79 Å².